The molecule has 2 atom stereocenters. The zero-order valence-corrected chi connectivity index (χ0v) is 12.9. The Hall–Kier alpha value is -1.75. The van der Waals surface area contributed by atoms with Crippen molar-refractivity contribution in [3.05, 3.63) is 46.5 Å². The van der Waals surface area contributed by atoms with Crippen LogP contribution >= 0.6 is 11.3 Å². The number of nitrogens with one attached hydrogen (secondary N) is 1. The quantitative estimate of drug-likeness (QED) is 0.933. The summed E-state index contributed by atoms with van der Waals surface area (Å²) in [4.78, 5) is 15.7. The number of likely N-dealkylation sites (tertiary alicyclic amines) is 1. The lowest BCUT2D eigenvalue weighted by Gasteiger charge is -2.26. The third-order valence-corrected chi connectivity index (χ3v) is 4.82. The van der Waals surface area contributed by atoms with E-state index in [-0.39, 0.29) is 18.1 Å². The van der Waals surface area contributed by atoms with Gasteiger partial charge in [0.15, 0.2) is 0 Å². The second-order valence-corrected chi connectivity index (χ2v) is 6.48. The van der Waals surface area contributed by atoms with Gasteiger partial charge >= 0.3 is 6.03 Å². The number of hydrogen-bond donors (Lipinski definition) is 1. The Morgan fingerprint density at radius 3 is 3.14 bits per heavy atom. The Bertz CT molecular complexity index is 565. The average molecular weight is 304 g/mol. The summed E-state index contributed by atoms with van der Waals surface area (Å²) in [5.41, 5.74) is 0. The number of hydrogen-bond acceptors (Lipinski definition) is 3. The largest absolute Gasteiger partial charge is 0.469 e. The number of furan rings is 1. The molecule has 0 radical (unpaired) electrons. The van der Waals surface area contributed by atoms with Gasteiger partial charge in [0.2, 0.25) is 0 Å². The van der Waals surface area contributed by atoms with Crippen LogP contribution in [0.5, 0.6) is 0 Å². The lowest BCUT2D eigenvalue weighted by atomic mass is 10.2. The molecule has 3 rings (SSSR count). The van der Waals surface area contributed by atoms with Crippen LogP contribution < -0.4 is 5.32 Å². The van der Waals surface area contributed by atoms with E-state index >= 15 is 0 Å². The van der Waals surface area contributed by atoms with E-state index in [0.717, 1.165) is 31.6 Å². The van der Waals surface area contributed by atoms with Gasteiger partial charge in [-0.25, -0.2) is 4.79 Å². The van der Waals surface area contributed by atoms with Crippen molar-refractivity contribution in [2.24, 2.45) is 0 Å². The molecule has 1 fully saturated rings. The second-order valence-electron chi connectivity index (χ2n) is 5.50. The Kier molecular flexibility index (Phi) is 4.29. The second kappa shape index (κ2) is 6.35. The van der Waals surface area contributed by atoms with E-state index in [1.54, 1.807) is 17.6 Å². The molecule has 1 saturated heterocycles. The molecule has 3 heterocycles. The fraction of sp³-hybridized carbons (Fsp3) is 0.438. The van der Waals surface area contributed by atoms with Crippen LogP contribution in [0.2, 0.25) is 0 Å². The highest BCUT2D eigenvalue weighted by Gasteiger charge is 2.31. The molecule has 4 nitrogen and oxygen atoms in total. The Balaban J connectivity index is 1.59. The number of urea groups is 1. The number of carbonyl (C=O) groups is 1. The van der Waals surface area contributed by atoms with E-state index in [1.165, 1.54) is 4.88 Å². The molecule has 112 valence electrons. The van der Waals surface area contributed by atoms with Gasteiger partial charge in [-0.3, -0.25) is 0 Å². The molecule has 5 heteroatoms. The third-order valence-electron chi connectivity index (χ3n) is 3.84. The van der Waals surface area contributed by atoms with Gasteiger partial charge in [0, 0.05) is 23.9 Å². The van der Waals surface area contributed by atoms with Crippen LogP contribution in [0, 0.1) is 0 Å². The minimum absolute atomic E-state index is 0.0324. The van der Waals surface area contributed by atoms with Gasteiger partial charge in [-0.2, -0.15) is 0 Å². The highest BCUT2D eigenvalue weighted by atomic mass is 32.1. The van der Waals surface area contributed by atoms with Crippen molar-refractivity contribution in [3.8, 4) is 0 Å². The summed E-state index contributed by atoms with van der Waals surface area (Å²) in [5, 5.41) is 5.16. The summed E-state index contributed by atoms with van der Waals surface area (Å²) < 4.78 is 5.33. The van der Waals surface area contributed by atoms with Crippen molar-refractivity contribution in [2.45, 2.75) is 38.3 Å². The fourth-order valence-electron chi connectivity index (χ4n) is 2.86. The van der Waals surface area contributed by atoms with Crippen LogP contribution in [0.4, 0.5) is 4.79 Å². The van der Waals surface area contributed by atoms with E-state index in [9.17, 15) is 4.79 Å². The van der Waals surface area contributed by atoms with Crippen molar-refractivity contribution in [3.63, 3.8) is 0 Å². The zero-order valence-electron chi connectivity index (χ0n) is 12.1. The summed E-state index contributed by atoms with van der Waals surface area (Å²) in [7, 11) is 0. The maximum atomic E-state index is 12.5. The van der Waals surface area contributed by atoms with Gasteiger partial charge in [-0.05, 0) is 43.3 Å². The van der Waals surface area contributed by atoms with Gasteiger partial charge in [-0.15, -0.1) is 11.3 Å². The van der Waals surface area contributed by atoms with E-state index < -0.39 is 0 Å². The lowest BCUT2D eigenvalue weighted by molar-refractivity contribution is 0.190. The molecule has 1 N–H and O–H groups in total. The predicted molar refractivity (Wildman–Crippen MR) is 83.4 cm³/mol. The van der Waals surface area contributed by atoms with E-state index in [4.69, 9.17) is 4.42 Å². The molecule has 2 aromatic rings. The molecule has 0 aliphatic carbocycles. The monoisotopic (exact) mass is 304 g/mol. The Morgan fingerprint density at radius 2 is 2.43 bits per heavy atom. The van der Waals surface area contributed by atoms with Gasteiger partial charge in [0.05, 0.1) is 12.3 Å². The first-order valence-electron chi connectivity index (χ1n) is 7.37. The number of rotatable bonds is 4. The highest BCUT2D eigenvalue weighted by Crippen LogP contribution is 2.34. The van der Waals surface area contributed by atoms with Crippen molar-refractivity contribution in [2.75, 3.05) is 6.54 Å². The lowest BCUT2D eigenvalue weighted by Crippen LogP contribution is -2.44. The Morgan fingerprint density at radius 1 is 1.52 bits per heavy atom. The zero-order chi connectivity index (χ0) is 14.7. The van der Waals surface area contributed by atoms with Crippen LogP contribution in [-0.4, -0.2) is 23.5 Å². The van der Waals surface area contributed by atoms with Crippen LogP contribution in [0.3, 0.4) is 0 Å². The van der Waals surface area contributed by atoms with Crippen LogP contribution in [0.1, 0.15) is 36.4 Å². The molecule has 0 bridgehead atoms. The van der Waals surface area contributed by atoms with Crippen molar-refractivity contribution >= 4 is 17.4 Å². The smallest absolute Gasteiger partial charge is 0.318 e. The first-order valence-corrected chi connectivity index (χ1v) is 8.25. The highest BCUT2D eigenvalue weighted by molar-refractivity contribution is 7.10. The SMILES string of the molecule is C[C@H](Cc1ccco1)NC(=O)N1CCC[C@@H]1c1cccs1. The van der Waals surface area contributed by atoms with Crippen LogP contribution in [0.25, 0.3) is 0 Å². The van der Waals surface area contributed by atoms with Gasteiger partial charge < -0.3 is 14.6 Å². The van der Waals surface area contributed by atoms with E-state index in [2.05, 4.69) is 16.8 Å². The summed E-state index contributed by atoms with van der Waals surface area (Å²) in [6, 6.07) is 8.31. The number of thiophene rings is 1. The van der Waals surface area contributed by atoms with E-state index in [0.29, 0.717) is 0 Å². The molecular formula is C16H20N2O2S. The molecule has 0 saturated carbocycles. The fourth-order valence-corrected chi connectivity index (χ4v) is 3.74. The van der Waals surface area contributed by atoms with Crippen LogP contribution in [0.15, 0.2) is 40.3 Å². The number of carbonyl (C=O) groups excluding carboxylic acids is 1. The minimum atomic E-state index is 0.0324. The minimum Gasteiger partial charge on any atom is -0.469 e. The maximum Gasteiger partial charge on any atom is 0.318 e. The standard InChI is InChI=1S/C16H20N2O2S/c1-12(11-13-5-3-9-20-13)17-16(19)18-8-2-6-14(18)15-7-4-10-21-15/h3-5,7,9-10,12,14H,2,6,8,11H2,1H3,(H,17,19)/t12-,14-/m1/s1. The van der Waals surface area contributed by atoms with Gasteiger partial charge in [-0.1, -0.05) is 6.07 Å². The first kappa shape index (κ1) is 14.2. The molecule has 0 spiro atoms. The van der Waals surface area contributed by atoms with Crippen molar-refractivity contribution in [1.82, 2.24) is 10.2 Å². The predicted octanol–water partition coefficient (Wildman–Crippen LogP) is 3.82. The molecule has 2 amide bonds. The number of nitrogens with zero attached hydrogens (tertiary/aromatic N) is 1. The Labute approximate surface area is 128 Å². The van der Waals surface area contributed by atoms with Crippen LogP contribution in [-0.2, 0) is 6.42 Å². The van der Waals surface area contributed by atoms with Crippen molar-refractivity contribution < 1.29 is 9.21 Å². The van der Waals surface area contributed by atoms with Crippen molar-refractivity contribution in [1.29, 1.82) is 0 Å². The first-order chi connectivity index (χ1) is 10.2. The third kappa shape index (κ3) is 3.29. The molecule has 21 heavy (non-hydrogen) atoms. The normalized spacial score (nSPS) is 19.7. The maximum absolute atomic E-state index is 12.5. The summed E-state index contributed by atoms with van der Waals surface area (Å²) in [5.74, 6) is 0.902. The molecule has 1 aliphatic rings. The molecule has 0 unspecified atom stereocenters. The topological polar surface area (TPSA) is 45.5 Å². The number of amides is 2. The van der Waals surface area contributed by atoms with E-state index in [1.807, 2.05) is 30.0 Å². The molecule has 0 aromatic carbocycles. The van der Waals surface area contributed by atoms with Gasteiger partial charge in [0.25, 0.3) is 0 Å². The molecular weight excluding hydrogens is 284 g/mol. The van der Waals surface area contributed by atoms with Gasteiger partial charge in [0.1, 0.15) is 5.76 Å². The molecule has 2 aromatic heterocycles. The summed E-state index contributed by atoms with van der Waals surface area (Å²) >= 11 is 1.73. The molecule has 1 aliphatic heterocycles. The average Bonchev–Trinajstić information content (AvgIpc) is 3.20. The summed E-state index contributed by atoms with van der Waals surface area (Å²) in [6.45, 7) is 2.85. The summed E-state index contributed by atoms with van der Waals surface area (Å²) in [6.07, 6.45) is 4.51.